The molecule has 1 amide bonds. The van der Waals surface area contributed by atoms with Crippen molar-refractivity contribution in [3.05, 3.63) is 59.2 Å². The largest absolute Gasteiger partial charge is 0.497 e. The molecule has 2 aliphatic rings. The lowest BCUT2D eigenvalue weighted by molar-refractivity contribution is -0.138. The van der Waals surface area contributed by atoms with Gasteiger partial charge < -0.3 is 19.1 Å². The van der Waals surface area contributed by atoms with Crippen LogP contribution in [0.2, 0.25) is 0 Å². The van der Waals surface area contributed by atoms with E-state index in [1.54, 1.807) is 38.0 Å². The van der Waals surface area contributed by atoms with E-state index >= 15 is 0 Å². The molecule has 2 fully saturated rings. The first-order valence-electron chi connectivity index (χ1n) is 13.6. The van der Waals surface area contributed by atoms with Crippen LogP contribution in [0.1, 0.15) is 35.6 Å². The van der Waals surface area contributed by atoms with Crippen molar-refractivity contribution in [1.29, 1.82) is 0 Å². The summed E-state index contributed by atoms with van der Waals surface area (Å²) in [7, 11) is -0.340. The molecule has 9 nitrogen and oxygen atoms in total. The lowest BCUT2D eigenvalue weighted by Crippen LogP contribution is -2.45. The minimum atomic E-state index is -3.72. The fourth-order valence-corrected chi connectivity index (χ4v) is 7.65. The normalized spacial score (nSPS) is 19.6. The zero-order chi connectivity index (χ0) is 28.0. The average molecular weight is 560 g/mol. The Labute approximate surface area is 232 Å². The van der Waals surface area contributed by atoms with E-state index in [1.165, 1.54) is 4.31 Å². The van der Waals surface area contributed by atoms with Crippen molar-refractivity contribution in [3.63, 3.8) is 0 Å². The van der Waals surface area contributed by atoms with Crippen LogP contribution in [0.5, 0.6) is 5.75 Å². The van der Waals surface area contributed by atoms with Gasteiger partial charge in [0.25, 0.3) is 0 Å². The molecule has 0 spiro atoms. The molecule has 2 unspecified atom stereocenters. The van der Waals surface area contributed by atoms with Crippen LogP contribution in [0, 0.1) is 13.8 Å². The molecule has 2 saturated heterocycles. The van der Waals surface area contributed by atoms with Crippen LogP contribution >= 0.6 is 0 Å². The zero-order valence-corrected chi connectivity index (χ0v) is 24.3. The van der Waals surface area contributed by atoms with Crippen molar-refractivity contribution in [2.75, 3.05) is 66.8 Å². The van der Waals surface area contributed by atoms with Crippen molar-refractivity contribution >= 4 is 15.9 Å². The summed E-state index contributed by atoms with van der Waals surface area (Å²) in [5.41, 5.74) is 2.38. The Hall–Kier alpha value is -2.50. The summed E-state index contributed by atoms with van der Waals surface area (Å²) in [5, 5.41) is 0. The molecule has 2 atom stereocenters. The molecule has 0 radical (unpaired) electrons. The number of ether oxygens (including phenoxy) is 3. The van der Waals surface area contributed by atoms with E-state index in [1.807, 2.05) is 37.4 Å². The predicted octanol–water partition coefficient (Wildman–Crippen LogP) is 3.01. The zero-order valence-electron chi connectivity index (χ0n) is 23.5. The summed E-state index contributed by atoms with van der Waals surface area (Å²) in [6.07, 6.45) is 1.45. The fourth-order valence-electron chi connectivity index (χ4n) is 5.56. The van der Waals surface area contributed by atoms with Crippen molar-refractivity contribution in [2.24, 2.45) is 0 Å². The Kier molecular flexibility index (Phi) is 10.0. The second-order valence-electron chi connectivity index (χ2n) is 10.4. The third-order valence-electron chi connectivity index (χ3n) is 7.68. The number of carbonyl (C=O) groups excluding carboxylic acids is 1. The summed E-state index contributed by atoms with van der Waals surface area (Å²) in [4.78, 5) is 17.6. The standard InChI is InChI=1S/C29H41N3O6S/c1-22-17-26(36-4)18-23(2)29(22)39(34,35)32-12-8-11-25(32)20-38-21-28(33)30(3)27(24-9-6-5-7-10-24)19-31-13-15-37-16-14-31/h5-7,9-10,17-18,25,27H,8,11-16,19-21H2,1-4H3. The van der Waals surface area contributed by atoms with Gasteiger partial charge in [0.15, 0.2) is 0 Å². The van der Waals surface area contributed by atoms with E-state index < -0.39 is 10.0 Å². The molecule has 10 heteroatoms. The highest BCUT2D eigenvalue weighted by atomic mass is 32.2. The van der Waals surface area contributed by atoms with Gasteiger partial charge in [0.1, 0.15) is 12.4 Å². The summed E-state index contributed by atoms with van der Waals surface area (Å²) < 4.78 is 45.5. The molecule has 0 bridgehead atoms. The molecule has 2 aromatic rings. The van der Waals surface area contributed by atoms with E-state index in [9.17, 15) is 13.2 Å². The van der Waals surface area contributed by atoms with Crippen LogP contribution in [0.15, 0.2) is 47.4 Å². The number of benzene rings is 2. The highest BCUT2D eigenvalue weighted by Gasteiger charge is 2.37. The molecule has 0 N–H and O–H groups in total. The first-order chi connectivity index (χ1) is 18.7. The van der Waals surface area contributed by atoms with Gasteiger partial charge in [-0.3, -0.25) is 9.69 Å². The van der Waals surface area contributed by atoms with Gasteiger partial charge in [0, 0.05) is 39.3 Å². The molecule has 2 heterocycles. The molecule has 2 aliphatic heterocycles. The van der Waals surface area contributed by atoms with Gasteiger partial charge >= 0.3 is 0 Å². The molecular formula is C29H41N3O6S. The molecular weight excluding hydrogens is 518 g/mol. The number of morpholine rings is 1. The highest BCUT2D eigenvalue weighted by molar-refractivity contribution is 7.89. The molecule has 0 aromatic heterocycles. The number of sulfonamides is 1. The third-order valence-corrected chi connectivity index (χ3v) is 9.93. The van der Waals surface area contributed by atoms with E-state index in [0.717, 1.165) is 25.1 Å². The summed E-state index contributed by atoms with van der Waals surface area (Å²) in [6, 6.07) is 13.1. The second kappa shape index (κ2) is 13.2. The van der Waals surface area contributed by atoms with Gasteiger partial charge in [0.05, 0.1) is 37.9 Å². The maximum absolute atomic E-state index is 13.7. The first kappa shape index (κ1) is 29.5. The summed E-state index contributed by atoms with van der Waals surface area (Å²) >= 11 is 0. The maximum Gasteiger partial charge on any atom is 0.248 e. The third kappa shape index (κ3) is 6.99. The van der Waals surface area contributed by atoms with Crippen LogP contribution in [0.3, 0.4) is 0 Å². The molecule has 214 valence electrons. The quantitative estimate of drug-likeness (QED) is 0.418. The van der Waals surface area contributed by atoms with E-state index in [4.69, 9.17) is 14.2 Å². The van der Waals surface area contributed by atoms with Crippen LogP contribution in [-0.4, -0.2) is 101 Å². The minimum Gasteiger partial charge on any atom is -0.497 e. The average Bonchev–Trinajstić information content (AvgIpc) is 3.41. The number of methoxy groups -OCH3 is 1. The number of hydrogen-bond acceptors (Lipinski definition) is 7. The number of hydrogen-bond donors (Lipinski definition) is 0. The lowest BCUT2D eigenvalue weighted by atomic mass is 10.0. The Morgan fingerprint density at radius 1 is 1.10 bits per heavy atom. The Bertz CT molecular complexity index is 1190. The van der Waals surface area contributed by atoms with Crippen LogP contribution in [0.4, 0.5) is 0 Å². The van der Waals surface area contributed by atoms with Crippen molar-refractivity contribution < 1.29 is 27.4 Å². The molecule has 4 rings (SSSR count). The molecule has 39 heavy (non-hydrogen) atoms. The van der Waals surface area contributed by atoms with E-state index in [-0.39, 0.29) is 31.2 Å². The maximum atomic E-state index is 13.7. The van der Waals surface area contributed by atoms with Gasteiger partial charge in [-0.2, -0.15) is 4.31 Å². The van der Waals surface area contributed by atoms with Gasteiger partial charge in [0.2, 0.25) is 15.9 Å². The number of nitrogens with zero attached hydrogens (tertiary/aromatic N) is 3. The highest BCUT2D eigenvalue weighted by Crippen LogP contribution is 2.32. The second-order valence-corrected chi connectivity index (χ2v) is 12.2. The molecule has 0 saturated carbocycles. The van der Waals surface area contributed by atoms with Gasteiger partial charge in [-0.15, -0.1) is 0 Å². The number of likely N-dealkylation sites (N-methyl/N-ethyl adjacent to an activating group) is 1. The topological polar surface area (TPSA) is 88.6 Å². The number of aryl methyl sites for hydroxylation is 2. The fraction of sp³-hybridized carbons (Fsp3) is 0.552. The number of rotatable bonds is 11. The first-order valence-corrected chi connectivity index (χ1v) is 15.0. The Balaban J connectivity index is 1.39. The smallest absolute Gasteiger partial charge is 0.248 e. The Morgan fingerprint density at radius 2 is 1.77 bits per heavy atom. The predicted molar refractivity (Wildman–Crippen MR) is 149 cm³/mol. The SMILES string of the molecule is COc1cc(C)c(S(=O)(=O)N2CCCC2COCC(=O)N(C)C(CN2CCOCC2)c2ccccc2)c(C)c1. The number of amides is 1. The molecule has 2 aromatic carbocycles. The number of carbonyl (C=O) groups is 1. The van der Waals surface area contributed by atoms with Gasteiger partial charge in [-0.05, 0) is 55.5 Å². The van der Waals surface area contributed by atoms with Crippen LogP contribution in [-0.2, 0) is 24.3 Å². The monoisotopic (exact) mass is 559 g/mol. The van der Waals surface area contributed by atoms with Crippen molar-refractivity contribution in [2.45, 2.75) is 43.7 Å². The lowest BCUT2D eigenvalue weighted by Gasteiger charge is -2.35. The summed E-state index contributed by atoms with van der Waals surface area (Å²) in [6.45, 7) is 7.85. The van der Waals surface area contributed by atoms with Gasteiger partial charge in [-0.25, -0.2) is 8.42 Å². The van der Waals surface area contributed by atoms with Crippen molar-refractivity contribution in [1.82, 2.24) is 14.1 Å². The van der Waals surface area contributed by atoms with Crippen molar-refractivity contribution in [3.8, 4) is 5.75 Å². The molecule has 0 aliphatic carbocycles. The van der Waals surface area contributed by atoms with E-state index in [2.05, 4.69) is 4.90 Å². The van der Waals surface area contributed by atoms with E-state index in [0.29, 0.717) is 54.5 Å². The van der Waals surface area contributed by atoms with Crippen LogP contribution in [0.25, 0.3) is 0 Å². The summed E-state index contributed by atoms with van der Waals surface area (Å²) in [5.74, 6) is 0.502. The minimum absolute atomic E-state index is 0.103. The Morgan fingerprint density at radius 3 is 2.41 bits per heavy atom. The van der Waals surface area contributed by atoms with Gasteiger partial charge in [-0.1, -0.05) is 30.3 Å². The van der Waals surface area contributed by atoms with Crippen LogP contribution < -0.4 is 4.74 Å².